The maximum Gasteiger partial charge on any atom is 0.405 e. The highest BCUT2D eigenvalue weighted by Gasteiger charge is 2.28. The van der Waals surface area contributed by atoms with Crippen molar-refractivity contribution in [3.05, 3.63) is 29.6 Å². The average Bonchev–Trinajstić information content (AvgIpc) is 2.49. The number of rotatable bonds is 6. The van der Waals surface area contributed by atoms with Gasteiger partial charge in [0.05, 0.1) is 10.5 Å². The monoisotopic (exact) mass is 386 g/mol. The van der Waals surface area contributed by atoms with Crippen LogP contribution in [0.3, 0.4) is 0 Å². The Bertz CT molecular complexity index is 762. The van der Waals surface area contributed by atoms with Crippen molar-refractivity contribution >= 4 is 21.9 Å². The number of carbonyl (C=O) groups is 2. The SMILES string of the molecule is CN(C)S(=O)(=O)c1ccc(F)c(C(=O)OCC(=O)NCC(F)(F)F)c1. The van der Waals surface area contributed by atoms with Crippen LogP contribution in [0.15, 0.2) is 23.1 Å². The predicted octanol–water partition coefficient (Wildman–Crippen LogP) is 0.911. The first kappa shape index (κ1) is 20.8. The van der Waals surface area contributed by atoms with E-state index in [4.69, 9.17) is 0 Å². The van der Waals surface area contributed by atoms with Crippen molar-refractivity contribution in [2.45, 2.75) is 11.1 Å². The largest absolute Gasteiger partial charge is 0.452 e. The second kappa shape index (κ2) is 7.78. The normalized spacial score (nSPS) is 12.1. The fourth-order valence-electron chi connectivity index (χ4n) is 1.49. The van der Waals surface area contributed by atoms with Gasteiger partial charge in [0.2, 0.25) is 10.0 Å². The van der Waals surface area contributed by atoms with Gasteiger partial charge in [-0.3, -0.25) is 4.79 Å². The molecule has 1 amide bonds. The maximum absolute atomic E-state index is 13.7. The number of nitrogens with one attached hydrogen (secondary N) is 1. The number of benzene rings is 1. The molecule has 0 aliphatic rings. The number of carbonyl (C=O) groups excluding carboxylic acids is 2. The molecule has 0 bridgehead atoms. The first-order valence-electron chi connectivity index (χ1n) is 6.57. The van der Waals surface area contributed by atoms with Gasteiger partial charge < -0.3 is 10.1 Å². The molecular formula is C13H14F4N2O5S. The summed E-state index contributed by atoms with van der Waals surface area (Å²) in [6.07, 6.45) is -4.64. The summed E-state index contributed by atoms with van der Waals surface area (Å²) in [5, 5.41) is 1.46. The molecule has 1 rings (SSSR count). The van der Waals surface area contributed by atoms with Crippen LogP contribution in [0.2, 0.25) is 0 Å². The fraction of sp³-hybridized carbons (Fsp3) is 0.385. The molecule has 0 aliphatic carbocycles. The summed E-state index contributed by atoms with van der Waals surface area (Å²) in [4.78, 5) is 22.5. The summed E-state index contributed by atoms with van der Waals surface area (Å²) < 4.78 is 78.6. The minimum Gasteiger partial charge on any atom is -0.452 e. The summed E-state index contributed by atoms with van der Waals surface area (Å²) in [5.74, 6) is -3.75. The van der Waals surface area contributed by atoms with E-state index in [-0.39, 0.29) is 0 Å². The highest BCUT2D eigenvalue weighted by Crippen LogP contribution is 2.18. The Morgan fingerprint density at radius 2 is 1.84 bits per heavy atom. The molecule has 0 atom stereocenters. The second-order valence-electron chi connectivity index (χ2n) is 4.90. The van der Waals surface area contributed by atoms with Crippen LogP contribution >= 0.6 is 0 Å². The molecule has 140 valence electrons. The number of sulfonamides is 1. The summed E-state index contributed by atoms with van der Waals surface area (Å²) in [7, 11) is -1.50. The van der Waals surface area contributed by atoms with E-state index in [0.29, 0.717) is 6.07 Å². The second-order valence-corrected chi connectivity index (χ2v) is 7.05. The van der Waals surface area contributed by atoms with Gasteiger partial charge in [0, 0.05) is 14.1 Å². The third-order valence-corrected chi connectivity index (χ3v) is 4.57. The van der Waals surface area contributed by atoms with E-state index in [9.17, 15) is 35.6 Å². The van der Waals surface area contributed by atoms with Crippen LogP contribution in [0.4, 0.5) is 17.6 Å². The summed E-state index contributed by atoms with van der Waals surface area (Å²) in [5.41, 5.74) is -0.772. The number of hydrogen-bond donors (Lipinski definition) is 1. The molecular weight excluding hydrogens is 372 g/mol. The van der Waals surface area contributed by atoms with E-state index >= 15 is 0 Å². The van der Waals surface area contributed by atoms with Crippen LogP contribution in [0.25, 0.3) is 0 Å². The topological polar surface area (TPSA) is 92.8 Å². The average molecular weight is 386 g/mol. The number of alkyl halides is 3. The van der Waals surface area contributed by atoms with Gasteiger partial charge in [-0.05, 0) is 18.2 Å². The Balaban J connectivity index is 2.84. The quantitative estimate of drug-likeness (QED) is 0.580. The van der Waals surface area contributed by atoms with Crippen molar-refractivity contribution in [3.63, 3.8) is 0 Å². The standard InChI is InChI=1S/C13H14F4N2O5S/c1-19(2)25(22,23)8-3-4-10(14)9(5-8)12(21)24-6-11(20)18-7-13(15,16)17/h3-5H,6-7H2,1-2H3,(H,18,20). The van der Waals surface area contributed by atoms with Crippen LogP contribution < -0.4 is 5.32 Å². The molecule has 7 nitrogen and oxygen atoms in total. The molecule has 1 N–H and O–H groups in total. The Kier molecular flexibility index (Phi) is 6.48. The number of amides is 1. The minimum absolute atomic E-state index is 0.396. The van der Waals surface area contributed by atoms with Gasteiger partial charge in [-0.15, -0.1) is 0 Å². The van der Waals surface area contributed by atoms with Crippen molar-refractivity contribution in [1.29, 1.82) is 0 Å². The van der Waals surface area contributed by atoms with Crippen molar-refractivity contribution in [2.75, 3.05) is 27.2 Å². The van der Waals surface area contributed by atoms with Crippen LogP contribution in [0, 0.1) is 5.82 Å². The van der Waals surface area contributed by atoms with Crippen LogP contribution in [-0.2, 0) is 19.6 Å². The van der Waals surface area contributed by atoms with Gasteiger partial charge in [-0.25, -0.2) is 21.9 Å². The predicted molar refractivity (Wildman–Crippen MR) is 76.6 cm³/mol. The van der Waals surface area contributed by atoms with Crippen LogP contribution in [-0.4, -0.2) is 58.0 Å². The number of ether oxygens (including phenoxy) is 1. The first-order chi connectivity index (χ1) is 11.3. The van der Waals surface area contributed by atoms with Gasteiger partial charge in [-0.1, -0.05) is 0 Å². The lowest BCUT2D eigenvalue weighted by atomic mass is 10.2. The highest BCUT2D eigenvalue weighted by atomic mass is 32.2. The van der Waals surface area contributed by atoms with E-state index in [0.717, 1.165) is 16.4 Å². The number of halogens is 4. The molecule has 0 unspecified atom stereocenters. The van der Waals surface area contributed by atoms with E-state index in [1.807, 2.05) is 0 Å². The maximum atomic E-state index is 13.7. The number of hydrogen-bond acceptors (Lipinski definition) is 5. The van der Waals surface area contributed by atoms with E-state index < -0.39 is 57.5 Å². The molecule has 1 aromatic rings. The zero-order valence-corrected chi connectivity index (χ0v) is 13.9. The lowest BCUT2D eigenvalue weighted by molar-refractivity contribution is -0.140. The number of nitrogens with zero attached hydrogens (tertiary/aromatic N) is 1. The molecule has 0 aliphatic heterocycles. The Hall–Kier alpha value is -2.21. The molecule has 0 saturated carbocycles. The number of esters is 1. The van der Waals surface area contributed by atoms with Gasteiger partial charge in [0.1, 0.15) is 12.4 Å². The third kappa shape index (κ3) is 5.98. The van der Waals surface area contributed by atoms with E-state index in [2.05, 4.69) is 4.74 Å². The Morgan fingerprint density at radius 1 is 1.24 bits per heavy atom. The van der Waals surface area contributed by atoms with Gasteiger partial charge in [-0.2, -0.15) is 13.2 Å². The van der Waals surface area contributed by atoms with Gasteiger partial charge in [0.15, 0.2) is 6.61 Å². The van der Waals surface area contributed by atoms with Crippen LogP contribution in [0.1, 0.15) is 10.4 Å². The smallest absolute Gasteiger partial charge is 0.405 e. The molecule has 12 heteroatoms. The zero-order chi connectivity index (χ0) is 19.4. The van der Waals surface area contributed by atoms with Crippen molar-refractivity contribution in [1.82, 2.24) is 9.62 Å². The van der Waals surface area contributed by atoms with Gasteiger partial charge in [0.25, 0.3) is 5.91 Å². The molecule has 0 aromatic heterocycles. The van der Waals surface area contributed by atoms with E-state index in [1.165, 1.54) is 19.4 Å². The Labute approximate surface area is 140 Å². The molecule has 0 radical (unpaired) electrons. The molecule has 0 spiro atoms. The fourth-order valence-corrected chi connectivity index (χ4v) is 2.42. The molecule has 0 saturated heterocycles. The molecule has 25 heavy (non-hydrogen) atoms. The summed E-state index contributed by atoms with van der Waals surface area (Å²) in [6.45, 7) is -2.70. The summed E-state index contributed by atoms with van der Waals surface area (Å²) in [6, 6.07) is 2.36. The van der Waals surface area contributed by atoms with Crippen LogP contribution in [0.5, 0.6) is 0 Å². The van der Waals surface area contributed by atoms with Crippen molar-refractivity contribution in [2.24, 2.45) is 0 Å². The van der Waals surface area contributed by atoms with E-state index in [1.54, 1.807) is 0 Å². The summed E-state index contributed by atoms with van der Waals surface area (Å²) >= 11 is 0. The third-order valence-electron chi connectivity index (χ3n) is 2.76. The van der Waals surface area contributed by atoms with Gasteiger partial charge >= 0.3 is 12.1 Å². The first-order valence-corrected chi connectivity index (χ1v) is 8.01. The van der Waals surface area contributed by atoms with Crippen molar-refractivity contribution < 1.29 is 40.3 Å². The zero-order valence-electron chi connectivity index (χ0n) is 13.1. The highest BCUT2D eigenvalue weighted by molar-refractivity contribution is 7.89. The lowest BCUT2D eigenvalue weighted by Gasteiger charge is -2.13. The molecule has 0 heterocycles. The lowest BCUT2D eigenvalue weighted by Crippen LogP contribution is -2.36. The molecule has 0 fully saturated rings. The Morgan fingerprint density at radius 3 is 2.36 bits per heavy atom. The van der Waals surface area contributed by atoms with Crippen molar-refractivity contribution in [3.8, 4) is 0 Å². The minimum atomic E-state index is -4.64. The molecule has 1 aromatic carbocycles.